The Kier molecular flexibility index (Phi) is 7.17. The lowest BCUT2D eigenvalue weighted by atomic mass is 10.1. The average Bonchev–Trinajstić information content (AvgIpc) is 2.34. The Hall–Kier alpha value is -0.610. The van der Waals surface area contributed by atoms with Gasteiger partial charge in [-0.1, -0.05) is 0 Å². The van der Waals surface area contributed by atoms with Crippen molar-refractivity contribution in [1.29, 1.82) is 0 Å². The maximum absolute atomic E-state index is 11.7. The molecule has 0 aromatic carbocycles. The van der Waals surface area contributed by atoms with E-state index in [1.165, 1.54) is 19.3 Å². The van der Waals surface area contributed by atoms with Crippen LogP contribution in [-0.4, -0.2) is 50.2 Å². The van der Waals surface area contributed by atoms with Crippen LogP contribution in [0.2, 0.25) is 0 Å². The van der Waals surface area contributed by atoms with E-state index in [0.29, 0.717) is 12.3 Å². The Morgan fingerprint density at radius 3 is 2.69 bits per heavy atom. The molecule has 1 saturated heterocycles. The minimum Gasteiger partial charge on any atom is -0.380 e. The number of carbonyl (C=O) groups excluding carboxylic acids is 1. The van der Waals surface area contributed by atoms with Crippen LogP contribution in [0.4, 0.5) is 0 Å². The average molecular weight is 228 g/mol. The van der Waals surface area contributed by atoms with Crippen molar-refractivity contribution in [1.82, 2.24) is 10.2 Å². The summed E-state index contributed by atoms with van der Waals surface area (Å²) >= 11 is 0. The summed E-state index contributed by atoms with van der Waals surface area (Å²) in [6.45, 7) is 6.99. The number of nitrogens with one attached hydrogen (secondary N) is 1. The molecule has 1 N–H and O–H groups in total. The van der Waals surface area contributed by atoms with Crippen molar-refractivity contribution in [2.45, 2.75) is 32.6 Å². The monoisotopic (exact) mass is 228 g/mol. The molecule has 4 heteroatoms. The Morgan fingerprint density at radius 2 is 2.00 bits per heavy atom. The fraction of sp³-hybridized carbons (Fsp3) is 0.917. The first-order valence-corrected chi connectivity index (χ1v) is 6.41. The van der Waals surface area contributed by atoms with E-state index in [1.54, 1.807) is 0 Å². The maximum atomic E-state index is 11.7. The molecule has 0 saturated carbocycles. The Labute approximate surface area is 98.3 Å². The number of likely N-dealkylation sites (tertiary alicyclic amines) is 1. The van der Waals surface area contributed by atoms with Gasteiger partial charge in [0, 0.05) is 39.2 Å². The summed E-state index contributed by atoms with van der Waals surface area (Å²) in [6.07, 6.45) is 4.23. The van der Waals surface area contributed by atoms with Crippen molar-refractivity contribution < 1.29 is 9.53 Å². The molecule has 4 nitrogen and oxygen atoms in total. The third-order valence-corrected chi connectivity index (χ3v) is 2.85. The smallest absolute Gasteiger partial charge is 0.223 e. The van der Waals surface area contributed by atoms with Gasteiger partial charge in [-0.2, -0.15) is 0 Å². The van der Waals surface area contributed by atoms with Gasteiger partial charge in [-0.3, -0.25) is 4.79 Å². The van der Waals surface area contributed by atoms with Gasteiger partial charge in [-0.25, -0.2) is 0 Å². The summed E-state index contributed by atoms with van der Waals surface area (Å²) in [4.78, 5) is 13.7. The van der Waals surface area contributed by atoms with Crippen LogP contribution in [0.1, 0.15) is 32.6 Å². The molecule has 0 aromatic rings. The standard InChI is InChI=1S/C12H24N2O2/c1-2-16-11-8-13-7-6-12(15)14-9-4-3-5-10-14/h13H,2-11H2,1H3. The molecule has 1 aliphatic heterocycles. The molecule has 0 aromatic heterocycles. The molecular weight excluding hydrogens is 204 g/mol. The predicted octanol–water partition coefficient (Wildman–Crippen LogP) is 1.02. The van der Waals surface area contributed by atoms with E-state index >= 15 is 0 Å². The second kappa shape index (κ2) is 8.53. The molecule has 0 unspecified atom stereocenters. The highest BCUT2D eigenvalue weighted by atomic mass is 16.5. The number of hydrogen-bond acceptors (Lipinski definition) is 3. The summed E-state index contributed by atoms with van der Waals surface area (Å²) in [7, 11) is 0. The number of hydrogen-bond donors (Lipinski definition) is 1. The van der Waals surface area contributed by atoms with Crippen LogP contribution < -0.4 is 5.32 Å². The van der Waals surface area contributed by atoms with Gasteiger partial charge in [0.15, 0.2) is 0 Å². The lowest BCUT2D eigenvalue weighted by Crippen LogP contribution is -2.37. The van der Waals surface area contributed by atoms with Crippen LogP contribution >= 0.6 is 0 Å². The first-order chi connectivity index (χ1) is 7.84. The van der Waals surface area contributed by atoms with E-state index < -0.39 is 0 Å². The zero-order valence-electron chi connectivity index (χ0n) is 10.3. The predicted molar refractivity (Wildman–Crippen MR) is 64.4 cm³/mol. The lowest BCUT2D eigenvalue weighted by Gasteiger charge is -2.26. The van der Waals surface area contributed by atoms with E-state index in [4.69, 9.17) is 4.74 Å². The van der Waals surface area contributed by atoms with Crippen LogP contribution in [0.25, 0.3) is 0 Å². The van der Waals surface area contributed by atoms with Gasteiger partial charge < -0.3 is 15.0 Å². The van der Waals surface area contributed by atoms with E-state index in [9.17, 15) is 4.79 Å². The van der Waals surface area contributed by atoms with Gasteiger partial charge in [-0.05, 0) is 26.2 Å². The van der Waals surface area contributed by atoms with Crippen LogP contribution in [0, 0.1) is 0 Å². The lowest BCUT2D eigenvalue weighted by molar-refractivity contribution is -0.131. The first kappa shape index (κ1) is 13.5. The normalized spacial score (nSPS) is 16.4. The SMILES string of the molecule is CCOCCNCCC(=O)N1CCCCC1. The molecule has 1 rings (SSSR count). The molecule has 1 heterocycles. The minimum atomic E-state index is 0.295. The van der Waals surface area contributed by atoms with E-state index in [0.717, 1.165) is 39.4 Å². The molecule has 0 spiro atoms. The number of nitrogens with zero attached hydrogens (tertiary/aromatic N) is 1. The highest BCUT2D eigenvalue weighted by molar-refractivity contribution is 5.76. The maximum Gasteiger partial charge on any atom is 0.223 e. The summed E-state index contributed by atoms with van der Waals surface area (Å²) in [5.41, 5.74) is 0. The third-order valence-electron chi connectivity index (χ3n) is 2.85. The second-order valence-electron chi connectivity index (χ2n) is 4.14. The van der Waals surface area contributed by atoms with Crippen molar-refractivity contribution in [3.63, 3.8) is 0 Å². The number of amides is 1. The molecule has 0 aliphatic carbocycles. The molecule has 0 radical (unpaired) electrons. The van der Waals surface area contributed by atoms with Gasteiger partial charge in [0.05, 0.1) is 6.61 Å². The van der Waals surface area contributed by atoms with Crippen LogP contribution in [-0.2, 0) is 9.53 Å². The fourth-order valence-electron chi connectivity index (χ4n) is 1.91. The molecule has 1 fully saturated rings. The molecule has 1 amide bonds. The summed E-state index contributed by atoms with van der Waals surface area (Å²) < 4.78 is 5.20. The van der Waals surface area contributed by atoms with Crippen LogP contribution in [0.3, 0.4) is 0 Å². The third kappa shape index (κ3) is 5.47. The zero-order valence-corrected chi connectivity index (χ0v) is 10.3. The molecule has 1 aliphatic rings. The van der Waals surface area contributed by atoms with Crippen molar-refractivity contribution in [2.75, 3.05) is 39.4 Å². The first-order valence-electron chi connectivity index (χ1n) is 6.41. The number of carbonyl (C=O) groups is 1. The van der Waals surface area contributed by atoms with Gasteiger partial charge >= 0.3 is 0 Å². The van der Waals surface area contributed by atoms with Gasteiger partial charge in [0.25, 0.3) is 0 Å². The summed E-state index contributed by atoms with van der Waals surface area (Å²) in [5.74, 6) is 0.295. The number of rotatable bonds is 7. The van der Waals surface area contributed by atoms with E-state index in [2.05, 4.69) is 5.32 Å². The largest absolute Gasteiger partial charge is 0.380 e. The minimum absolute atomic E-state index is 0.295. The van der Waals surface area contributed by atoms with Crippen molar-refractivity contribution in [3.05, 3.63) is 0 Å². The summed E-state index contributed by atoms with van der Waals surface area (Å²) in [5, 5.41) is 3.22. The molecule has 16 heavy (non-hydrogen) atoms. The second-order valence-corrected chi connectivity index (χ2v) is 4.14. The topological polar surface area (TPSA) is 41.6 Å². The van der Waals surface area contributed by atoms with Gasteiger partial charge in [0.1, 0.15) is 0 Å². The van der Waals surface area contributed by atoms with Crippen LogP contribution in [0.5, 0.6) is 0 Å². The van der Waals surface area contributed by atoms with Crippen molar-refractivity contribution in [3.8, 4) is 0 Å². The molecule has 0 bridgehead atoms. The highest BCUT2D eigenvalue weighted by Gasteiger charge is 2.15. The van der Waals surface area contributed by atoms with E-state index in [1.807, 2.05) is 11.8 Å². The van der Waals surface area contributed by atoms with Gasteiger partial charge in [0.2, 0.25) is 5.91 Å². The molecular formula is C12H24N2O2. The zero-order chi connectivity index (χ0) is 11.6. The fourth-order valence-corrected chi connectivity index (χ4v) is 1.91. The van der Waals surface area contributed by atoms with Crippen molar-refractivity contribution >= 4 is 5.91 Å². The number of piperidine rings is 1. The number of ether oxygens (including phenoxy) is 1. The highest BCUT2D eigenvalue weighted by Crippen LogP contribution is 2.09. The molecule has 94 valence electrons. The van der Waals surface area contributed by atoms with E-state index in [-0.39, 0.29) is 0 Å². The van der Waals surface area contributed by atoms with Crippen molar-refractivity contribution in [2.24, 2.45) is 0 Å². The Bertz CT molecular complexity index is 191. The van der Waals surface area contributed by atoms with Gasteiger partial charge in [-0.15, -0.1) is 0 Å². The van der Waals surface area contributed by atoms with Crippen LogP contribution in [0.15, 0.2) is 0 Å². The summed E-state index contributed by atoms with van der Waals surface area (Å²) in [6, 6.07) is 0. The Balaban J connectivity index is 1.97. The quantitative estimate of drug-likeness (QED) is 0.661. The Morgan fingerprint density at radius 1 is 1.25 bits per heavy atom. The molecule has 0 atom stereocenters.